The highest BCUT2D eigenvalue weighted by Gasteiger charge is 2.35. The first-order valence-corrected chi connectivity index (χ1v) is 6.60. The second-order valence-electron chi connectivity index (χ2n) is 4.14. The molecule has 0 saturated carbocycles. The van der Waals surface area contributed by atoms with E-state index in [-0.39, 0.29) is 0 Å². The van der Waals surface area contributed by atoms with E-state index >= 15 is 0 Å². The van der Waals surface area contributed by atoms with Gasteiger partial charge in [-0.25, -0.2) is 4.98 Å². The molecule has 2 nitrogen and oxygen atoms in total. The molecule has 2 rings (SSSR count). The zero-order valence-electron chi connectivity index (χ0n) is 10.2. The zero-order chi connectivity index (χ0) is 14.0. The molecule has 19 heavy (non-hydrogen) atoms. The van der Waals surface area contributed by atoms with E-state index in [0.717, 1.165) is 17.5 Å². The van der Waals surface area contributed by atoms with Crippen LogP contribution in [0.2, 0.25) is 0 Å². The standard InChI is InChI=1S/C13H13F3N2S/c1-2-8-3-5-9(6-4-8)11(17)10-7-18-12(19-10)13(14,15)16/h3-7,11H,2,17H2,1H3. The summed E-state index contributed by atoms with van der Waals surface area (Å²) in [6.45, 7) is 2.04. The molecule has 1 heterocycles. The van der Waals surface area contributed by atoms with E-state index in [2.05, 4.69) is 4.98 Å². The van der Waals surface area contributed by atoms with E-state index in [1.807, 2.05) is 31.2 Å². The van der Waals surface area contributed by atoms with Crippen LogP contribution in [-0.2, 0) is 12.6 Å². The molecular formula is C13H13F3N2S. The fraction of sp³-hybridized carbons (Fsp3) is 0.308. The minimum Gasteiger partial charge on any atom is -0.320 e. The van der Waals surface area contributed by atoms with Crippen molar-refractivity contribution in [2.45, 2.75) is 25.6 Å². The maximum absolute atomic E-state index is 12.5. The van der Waals surface area contributed by atoms with E-state index < -0.39 is 17.2 Å². The third kappa shape index (κ3) is 3.13. The van der Waals surface area contributed by atoms with Gasteiger partial charge in [-0.2, -0.15) is 13.2 Å². The summed E-state index contributed by atoms with van der Waals surface area (Å²) >= 11 is 0.592. The lowest BCUT2D eigenvalue weighted by Gasteiger charge is -2.10. The minimum atomic E-state index is -4.41. The van der Waals surface area contributed by atoms with Gasteiger partial charge in [-0.05, 0) is 17.5 Å². The quantitative estimate of drug-likeness (QED) is 0.932. The van der Waals surface area contributed by atoms with Gasteiger partial charge in [0.2, 0.25) is 0 Å². The number of rotatable bonds is 3. The predicted octanol–water partition coefficient (Wildman–Crippen LogP) is 3.77. The molecule has 1 aromatic heterocycles. The van der Waals surface area contributed by atoms with Crippen molar-refractivity contribution < 1.29 is 13.2 Å². The topological polar surface area (TPSA) is 38.9 Å². The molecule has 0 bridgehead atoms. The summed E-state index contributed by atoms with van der Waals surface area (Å²) in [6.07, 6.45) is -2.30. The maximum Gasteiger partial charge on any atom is 0.443 e. The molecule has 102 valence electrons. The molecule has 2 N–H and O–H groups in total. The van der Waals surface area contributed by atoms with Gasteiger partial charge in [0.05, 0.1) is 6.04 Å². The van der Waals surface area contributed by atoms with Crippen molar-refractivity contribution in [3.05, 3.63) is 51.5 Å². The smallest absolute Gasteiger partial charge is 0.320 e. The molecule has 1 atom stereocenters. The number of hydrogen-bond donors (Lipinski definition) is 1. The molecule has 1 unspecified atom stereocenters. The van der Waals surface area contributed by atoms with Crippen LogP contribution in [0.15, 0.2) is 30.5 Å². The molecule has 0 spiro atoms. The molecule has 0 aliphatic carbocycles. The minimum absolute atomic E-state index is 0.413. The van der Waals surface area contributed by atoms with Gasteiger partial charge >= 0.3 is 6.18 Å². The van der Waals surface area contributed by atoms with Crippen molar-refractivity contribution in [1.29, 1.82) is 0 Å². The van der Waals surface area contributed by atoms with Gasteiger partial charge in [-0.15, -0.1) is 11.3 Å². The van der Waals surface area contributed by atoms with Crippen molar-refractivity contribution in [3.8, 4) is 0 Å². The molecular weight excluding hydrogens is 273 g/mol. The van der Waals surface area contributed by atoms with E-state index in [0.29, 0.717) is 16.2 Å². The molecule has 2 aromatic rings. The second-order valence-corrected chi connectivity index (χ2v) is 5.20. The molecule has 1 aromatic carbocycles. The molecule has 0 fully saturated rings. The number of nitrogens with two attached hydrogens (primary N) is 1. The number of halogens is 3. The van der Waals surface area contributed by atoms with Crippen LogP contribution in [0.4, 0.5) is 13.2 Å². The number of thiazole rings is 1. The molecule has 6 heteroatoms. The monoisotopic (exact) mass is 286 g/mol. The Hall–Kier alpha value is -1.40. The summed E-state index contributed by atoms with van der Waals surface area (Å²) in [5.41, 5.74) is 7.92. The Morgan fingerprint density at radius 3 is 2.37 bits per heavy atom. The van der Waals surface area contributed by atoms with Crippen molar-refractivity contribution in [2.75, 3.05) is 0 Å². The summed E-state index contributed by atoms with van der Waals surface area (Å²) in [5, 5.41) is -0.858. The largest absolute Gasteiger partial charge is 0.443 e. The second kappa shape index (κ2) is 5.30. The maximum atomic E-state index is 12.5. The van der Waals surface area contributed by atoms with Gasteiger partial charge < -0.3 is 5.73 Å². The lowest BCUT2D eigenvalue weighted by molar-refractivity contribution is -0.137. The van der Waals surface area contributed by atoms with Crippen LogP contribution in [0, 0.1) is 0 Å². The Balaban J connectivity index is 2.23. The van der Waals surface area contributed by atoms with Crippen LogP contribution in [-0.4, -0.2) is 4.98 Å². The average molecular weight is 286 g/mol. The first kappa shape index (κ1) is 14.0. The van der Waals surface area contributed by atoms with Crippen LogP contribution in [0.25, 0.3) is 0 Å². The predicted molar refractivity (Wildman–Crippen MR) is 69.0 cm³/mol. The van der Waals surface area contributed by atoms with Crippen LogP contribution in [0.1, 0.15) is 34.0 Å². The highest BCUT2D eigenvalue weighted by molar-refractivity contribution is 7.11. The van der Waals surface area contributed by atoms with Gasteiger partial charge in [-0.3, -0.25) is 0 Å². The normalized spacial score (nSPS) is 13.5. The van der Waals surface area contributed by atoms with Crippen molar-refractivity contribution in [1.82, 2.24) is 4.98 Å². The zero-order valence-corrected chi connectivity index (χ0v) is 11.1. The van der Waals surface area contributed by atoms with Crippen LogP contribution < -0.4 is 5.73 Å². The number of alkyl halides is 3. The fourth-order valence-electron chi connectivity index (χ4n) is 1.69. The SMILES string of the molecule is CCc1ccc(C(N)c2cnc(C(F)(F)F)s2)cc1. The molecule has 0 aliphatic rings. The van der Waals surface area contributed by atoms with E-state index in [4.69, 9.17) is 5.73 Å². The molecule has 0 amide bonds. The van der Waals surface area contributed by atoms with E-state index in [1.165, 1.54) is 6.20 Å². The molecule has 0 radical (unpaired) electrons. The summed E-state index contributed by atoms with van der Waals surface area (Å²) in [4.78, 5) is 3.79. The summed E-state index contributed by atoms with van der Waals surface area (Å²) < 4.78 is 37.4. The Morgan fingerprint density at radius 1 is 1.26 bits per heavy atom. The summed E-state index contributed by atoms with van der Waals surface area (Å²) in [6, 6.07) is 6.98. The van der Waals surface area contributed by atoms with Crippen LogP contribution in [0.5, 0.6) is 0 Å². The molecule has 0 saturated heterocycles. The number of aromatic nitrogens is 1. The van der Waals surface area contributed by atoms with Crippen LogP contribution >= 0.6 is 11.3 Å². The fourth-order valence-corrected chi connectivity index (χ4v) is 2.50. The highest BCUT2D eigenvalue weighted by Crippen LogP contribution is 2.35. The van der Waals surface area contributed by atoms with E-state index in [9.17, 15) is 13.2 Å². The Labute approximate surface area is 113 Å². The Bertz CT molecular complexity index is 546. The average Bonchev–Trinajstić information content (AvgIpc) is 2.87. The highest BCUT2D eigenvalue weighted by atomic mass is 32.1. The third-order valence-corrected chi connectivity index (χ3v) is 3.94. The number of aryl methyl sites for hydroxylation is 1. The number of nitrogens with zero attached hydrogens (tertiary/aromatic N) is 1. The molecule has 0 aliphatic heterocycles. The summed E-state index contributed by atoms with van der Waals surface area (Å²) in [5.74, 6) is 0. The Kier molecular flexibility index (Phi) is 3.91. The van der Waals surface area contributed by atoms with Crippen molar-refractivity contribution in [3.63, 3.8) is 0 Å². The van der Waals surface area contributed by atoms with Gasteiger partial charge in [-0.1, -0.05) is 31.2 Å². The lowest BCUT2D eigenvalue weighted by atomic mass is 10.0. The Morgan fingerprint density at radius 2 is 1.89 bits per heavy atom. The first-order chi connectivity index (χ1) is 8.91. The van der Waals surface area contributed by atoms with Gasteiger partial charge in [0, 0.05) is 11.1 Å². The van der Waals surface area contributed by atoms with Gasteiger partial charge in [0.1, 0.15) is 0 Å². The van der Waals surface area contributed by atoms with E-state index in [1.54, 1.807) is 0 Å². The van der Waals surface area contributed by atoms with Crippen molar-refractivity contribution >= 4 is 11.3 Å². The third-order valence-electron chi connectivity index (χ3n) is 2.82. The van der Waals surface area contributed by atoms with Gasteiger partial charge in [0.25, 0.3) is 0 Å². The number of hydrogen-bond acceptors (Lipinski definition) is 3. The summed E-state index contributed by atoms with van der Waals surface area (Å²) in [7, 11) is 0. The van der Waals surface area contributed by atoms with Gasteiger partial charge in [0.15, 0.2) is 5.01 Å². The van der Waals surface area contributed by atoms with Crippen molar-refractivity contribution in [2.24, 2.45) is 5.73 Å². The van der Waals surface area contributed by atoms with Crippen LogP contribution in [0.3, 0.4) is 0 Å². The lowest BCUT2D eigenvalue weighted by Crippen LogP contribution is -2.10. The number of benzene rings is 1. The first-order valence-electron chi connectivity index (χ1n) is 5.79.